The van der Waals surface area contributed by atoms with E-state index in [9.17, 15) is 0 Å². The van der Waals surface area contributed by atoms with Gasteiger partial charge in [-0.2, -0.15) is 0 Å². The van der Waals surface area contributed by atoms with Crippen LogP contribution in [0.5, 0.6) is 0 Å². The Hall–Kier alpha value is -0.0800. The Labute approximate surface area is 60.9 Å². The highest BCUT2D eigenvalue weighted by atomic mass is 16.5. The van der Waals surface area contributed by atoms with Crippen LogP contribution in [-0.2, 0) is 4.74 Å². The van der Waals surface area contributed by atoms with Gasteiger partial charge in [0.1, 0.15) is 0 Å². The van der Waals surface area contributed by atoms with E-state index >= 15 is 0 Å². The van der Waals surface area contributed by atoms with Crippen molar-refractivity contribution in [1.82, 2.24) is 5.32 Å². The highest BCUT2D eigenvalue weighted by molar-refractivity contribution is 5.00. The molecule has 0 aliphatic carbocycles. The quantitative estimate of drug-likeness (QED) is 0.475. The SMILES string of the molecule is C1C[C@H]2OC1C1C[N]C[C@H]12. The van der Waals surface area contributed by atoms with E-state index in [4.69, 9.17) is 4.74 Å². The Morgan fingerprint density at radius 1 is 1.00 bits per heavy atom. The van der Waals surface area contributed by atoms with E-state index in [1.807, 2.05) is 0 Å². The maximum Gasteiger partial charge on any atom is 0.0625 e. The molecule has 0 amide bonds. The predicted molar refractivity (Wildman–Crippen MR) is 36.7 cm³/mol. The molecular formula is C8H12NO. The molecule has 2 bridgehead atoms. The van der Waals surface area contributed by atoms with Gasteiger partial charge >= 0.3 is 0 Å². The minimum atomic E-state index is 0.598. The third-order valence-corrected chi connectivity index (χ3v) is 3.27. The van der Waals surface area contributed by atoms with Crippen LogP contribution in [-0.4, -0.2) is 25.3 Å². The number of fused-ring (bicyclic) bond motifs is 5. The van der Waals surface area contributed by atoms with Crippen LogP contribution < -0.4 is 5.32 Å². The Kier molecular flexibility index (Phi) is 0.968. The second-order valence-electron chi connectivity index (χ2n) is 3.71. The topological polar surface area (TPSA) is 23.3 Å². The summed E-state index contributed by atoms with van der Waals surface area (Å²) in [4.78, 5) is 0. The summed E-state index contributed by atoms with van der Waals surface area (Å²) in [7, 11) is 0. The van der Waals surface area contributed by atoms with Crippen molar-refractivity contribution in [3.63, 3.8) is 0 Å². The fourth-order valence-electron chi connectivity index (χ4n) is 2.75. The molecule has 2 unspecified atom stereocenters. The molecule has 3 heterocycles. The van der Waals surface area contributed by atoms with Crippen molar-refractivity contribution in [3.05, 3.63) is 0 Å². The zero-order valence-electron chi connectivity index (χ0n) is 5.99. The standard InChI is InChI=1S/C8H12NO/c1-2-8-6-4-9-3-5(6)7(1)10-8/h5-8H,1-4H2/t5-,6?,7-,8?/m1/s1. The highest BCUT2D eigenvalue weighted by Crippen LogP contribution is 2.45. The van der Waals surface area contributed by atoms with Crippen LogP contribution >= 0.6 is 0 Å². The smallest absolute Gasteiger partial charge is 0.0625 e. The monoisotopic (exact) mass is 138 g/mol. The van der Waals surface area contributed by atoms with Gasteiger partial charge in [-0.05, 0) is 12.8 Å². The van der Waals surface area contributed by atoms with Gasteiger partial charge in [-0.25, -0.2) is 5.32 Å². The van der Waals surface area contributed by atoms with E-state index in [0.717, 1.165) is 24.9 Å². The fourth-order valence-corrected chi connectivity index (χ4v) is 2.75. The van der Waals surface area contributed by atoms with Gasteiger partial charge in [0, 0.05) is 24.9 Å². The van der Waals surface area contributed by atoms with Crippen molar-refractivity contribution in [1.29, 1.82) is 0 Å². The summed E-state index contributed by atoms with van der Waals surface area (Å²) >= 11 is 0. The molecule has 0 aromatic rings. The zero-order valence-corrected chi connectivity index (χ0v) is 5.99. The van der Waals surface area contributed by atoms with E-state index < -0.39 is 0 Å². The first-order valence-electron chi connectivity index (χ1n) is 4.24. The van der Waals surface area contributed by atoms with Crippen LogP contribution in [0.4, 0.5) is 0 Å². The lowest BCUT2D eigenvalue weighted by Gasteiger charge is -2.18. The minimum absolute atomic E-state index is 0.598. The fraction of sp³-hybridized carbons (Fsp3) is 1.00. The van der Waals surface area contributed by atoms with Crippen molar-refractivity contribution >= 4 is 0 Å². The molecule has 0 saturated carbocycles. The largest absolute Gasteiger partial charge is 0.374 e. The number of hydrogen-bond acceptors (Lipinski definition) is 1. The second-order valence-corrected chi connectivity index (χ2v) is 3.71. The molecule has 0 aromatic carbocycles. The van der Waals surface area contributed by atoms with Gasteiger partial charge in [0.25, 0.3) is 0 Å². The van der Waals surface area contributed by atoms with Gasteiger partial charge in [0.2, 0.25) is 0 Å². The van der Waals surface area contributed by atoms with E-state index in [1.165, 1.54) is 12.8 Å². The molecule has 55 valence electrons. The lowest BCUT2D eigenvalue weighted by atomic mass is 9.82. The van der Waals surface area contributed by atoms with Crippen molar-refractivity contribution < 1.29 is 4.74 Å². The van der Waals surface area contributed by atoms with Crippen LogP contribution in [0, 0.1) is 11.8 Å². The summed E-state index contributed by atoms with van der Waals surface area (Å²) in [5.74, 6) is 1.64. The molecular weight excluding hydrogens is 126 g/mol. The third kappa shape index (κ3) is 0.523. The van der Waals surface area contributed by atoms with Crippen LogP contribution in [0.1, 0.15) is 12.8 Å². The molecule has 3 aliphatic rings. The van der Waals surface area contributed by atoms with Crippen molar-refractivity contribution in [2.75, 3.05) is 13.1 Å². The molecule has 3 fully saturated rings. The number of hydrogen-bond donors (Lipinski definition) is 0. The maximum atomic E-state index is 5.78. The van der Waals surface area contributed by atoms with Gasteiger partial charge in [0.05, 0.1) is 12.2 Å². The molecule has 0 aromatic heterocycles. The normalized spacial score (nSPS) is 57.6. The minimum Gasteiger partial charge on any atom is -0.374 e. The number of ether oxygens (including phenoxy) is 1. The van der Waals surface area contributed by atoms with Crippen molar-refractivity contribution in [3.8, 4) is 0 Å². The molecule has 3 saturated heterocycles. The highest BCUT2D eigenvalue weighted by Gasteiger charge is 2.51. The summed E-state index contributed by atoms with van der Waals surface area (Å²) in [5, 5.41) is 4.43. The first-order chi connectivity index (χ1) is 4.95. The Morgan fingerprint density at radius 2 is 1.60 bits per heavy atom. The predicted octanol–water partition coefficient (Wildman–Crippen LogP) is 0.398. The van der Waals surface area contributed by atoms with Crippen LogP contribution in [0.25, 0.3) is 0 Å². The van der Waals surface area contributed by atoms with Crippen LogP contribution in [0.3, 0.4) is 0 Å². The average Bonchev–Trinajstić information content (AvgIpc) is 2.60. The summed E-state index contributed by atoms with van der Waals surface area (Å²) in [6.45, 7) is 2.18. The maximum absolute atomic E-state index is 5.78. The van der Waals surface area contributed by atoms with Gasteiger partial charge in [0.15, 0.2) is 0 Å². The molecule has 3 aliphatic heterocycles. The van der Waals surface area contributed by atoms with Gasteiger partial charge in [-0.15, -0.1) is 0 Å². The molecule has 2 nitrogen and oxygen atoms in total. The lowest BCUT2D eigenvalue weighted by molar-refractivity contribution is 0.0830. The van der Waals surface area contributed by atoms with Gasteiger partial charge in [-0.3, -0.25) is 0 Å². The average molecular weight is 138 g/mol. The van der Waals surface area contributed by atoms with Gasteiger partial charge < -0.3 is 4.74 Å². The summed E-state index contributed by atoms with van der Waals surface area (Å²) in [6, 6.07) is 0. The molecule has 10 heavy (non-hydrogen) atoms. The summed E-state index contributed by atoms with van der Waals surface area (Å²) < 4.78 is 5.78. The first kappa shape index (κ1) is 5.56. The molecule has 4 atom stereocenters. The Balaban J connectivity index is 1.92. The Morgan fingerprint density at radius 3 is 2.20 bits per heavy atom. The third-order valence-electron chi connectivity index (χ3n) is 3.27. The first-order valence-corrected chi connectivity index (χ1v) is 4.24. The van der Waals surface area contributed by atoms with E-state index in [1.54, 1.807) is 0 Å². The summed E-state index contributed by atoms with van der Waals surface area (Å²) in [6.07, 6.45) is 3.81. The molecule has 2 heteroatoms. The van der Waals surface area contributed by atoms with Crippen LogP contribution in [0.2, 0.25) is 0 Å². The Bertz CT molecular complexity index is 143. The van der Waals surface area contributed by atoms with E-state index in [0.29, 0.717) is 12.2 Å². The van der Waals surface area contributed by atoms with E-state index in [-0.39, 0.29) is 0 Å². The van der Waals surface area contributed by atoms with Crippen molar-refractivity contribution in [2.45, 2.75) is 25.0 Å². The molecule has 0 N–H and O–H groups in total. The van der Waals surface area contributed by atoms with Crippen LogP contribution in [0.15, 0.2) is 0 Å². The van der Waals surface area contributed by atoms with Gasteiger partial charge in [-0.1, -0.05) is 0 Å². The number of rotatable bonds is 0. The zero-order chi connectivity index (χ0) is 6.55. The molecule has 1 radical (unpaired) electrons. The second kappa shape index (κ2) is 1.74. The van der Waals surface area contributed by atoms with E-state index in [2.05, 4.69) is 5.32 Å². The summed E-state index contributed by atoms with van der Waals surface area (Å²) in [5.41, 5.74) is 0. The number of nitrogens with zero attached hydrogens (tertiary/aromatic N) is 1. The molecule has 0 spiro atoms. The van der Waals surface area contributed by atoms with Crippen molar-refractivity contribution in [2.24, 2.45) is 11.8 Å². The lowest BCUT2D eigenvalue weighted by Crippen LogP contribution is -2.24. The molecule has 3 rings (SSSR count).